The van der Waals surface area contributed by atoms with Gasteiger partial charge in [0.2, 0.25) is 0 Å². The van der Waals surface area contributed by atoms with Crippen molar-refractivity contribution in [1.82, 2.24) is 10.3 Å². The Morgan fingerprint density at radius 1 is 1.40 bits per heavy atom. The smallest absolute Gasteiger partial charge is 0.261 e. The van der Waals surface area contributed by atoms with Crippen LogP contribution < -0.4 is 5.32 Å². The van der Waals surface area contributed by atoms with E-state index in [1.807, 2.05) is 12.1 Å². The third-order valence-corrected chi connectivity index (χ3v) is 3.88. The maximum Gasteiger partial charge on any atom is 0.261 e. The van der Waals surface area contributed by atoms with Crippen LogP contribution in [0, 0.1) is 5.92 Å². The van der Waals surface area contributed by atoms with Crippen molar-refractivity contribution in [3.63, 3.8) is 0 Å². The van der Waals surface area contributed by atoms with Crippen molar-refractivity contribution >= 4 is 17.2 Å². The lowest BCUT2D eigenvalue weighted by atomic mass is 10.1. The van der Waals surface area contributed by atoms with E-state index in [1.54, 1.807) is 18.3 Å². The molecule has 2 rings (SSSR count). The van der Waals surface area contributed by atoms with Crippen LogP contribution in [0.4, 0.5) is 0 Å². The van der Waals surface area contributed by atoms with E-state index in [-0.39, 0.29) is 18.2 Å². The highest BCUT2D eigenvalue weighted by Gasteiger charge is 2.11. The minimum absolute atomic E-state index is 0.0967. The van der Waals surface area contributed by atoms with Gasteiger partial charge in [-0.05, 0) is 36.6 Å². The van der Waals surface area contributed by atoms with Crippen LogP contribution in [0.1, 0.15) is 34.1 Å². The van der Waals surface area contributed by atoms with Gasteiger partial charge in [-0.2, -0.15) is 0 Å². The Morgan fingerprint density at radius 3 is 2.90 bits per heavy atom. The molecule has 2 N–H and O–H groups in total. The average molecular weight is 290 g/mol. The molecule has 4 nitrogen and oxygen atoms in total. The van der Waals surface area contributed by atoms with Gasteiger partial charge in [-0.1, -0.05) is 13.8 Å². The van der Waals surface area contributed by atoms with Crippen molar-refractivity contribution in [3.8, 4) is 5.75 Å². The van der Waals surface area contributed by atoms with E-state index in [4.69, 9.17) is 0 Å². The summed E-state index contributed by atoms with van der Waals surface area (Å²) in [5.74, 6) is 0.546. The zero-order valence-electron chi connectivity index (χ0n) is 11.6. The van der Waals surface area contributed by atoms with Gasteiger partial charge in [-0.25, -0.2) is 0 Å². The first-order chi connectivity index (χ1) is 9.56. The molecule has 0 fully saturated rings. The lowest BCUT2D eigenvalue weighted by Gasteiger charge is -2.04. The van der Waals surface area contributed by atoms with Crippen molar-refractivity contribution in [2.75, 3.05) is 0 Å². The van der Waals surface area contributed by atoms with Crippen molar-refractivity contribution < 1.29 is 9.90 Å². The summed E-state index contributed by atoms with van der Waals surface area (Å²) >= 11 is 1.51. The Balaban J connectivity index is 1.95. The molecule has 0 unspecified atom stereocenters. The van der Waals surface area contributed by atoms with Crippen LogP contribution in [0.15, 0.2) is 30.5 Å². The molecule has 0 aromatic carbocycles. The lowest BCUT2D eigenvalue weighted by Crippen LogP contribution is -2.22. The fourth-order valence-electron chi connectivity index (χ4n) is 1.83. The second kappa shape index (κ2) is 6.52. The molecule has 106 valence electrons. The molecule has 0 aliphatic heterocycles. The zero-order valence-corrected chi connectivity index (χ0v) is 12.4. The SMILES string of the molecule is CC(C)Cc1ccc(C(=O)NCc2ncccc2O)s1. The molecule has 2 aromatic rings. The number of aromatic hydroxyl groups is 1. The number of thiophene rings is 1. The molecular formula is C15H18N2O2S. The molecule has 20 heavy (non-hydrogen) atoms. The number of nitrogens with zero attached hydrogens (tertiary/aromatic N) is 1. The van der Waals surface area contributed by atoms with Crippen LogP contribution >= 0.6 is 11.3 Å². The largest absolute Gasteiger partial charge is 0.506 e. The summed E-state index contributed by atoms with van der Waals surface area (Å²) in [6.45, 7) is 4.54. The molecule has 0 aliphatic carbocycles. The summed E-state index contributed by atoms with van der Waals surface area (Å²) in [4.78, 5) is 18.0. The molecule has 0 spiro atoms. The number of amides is 1. The van der Waals surface area contributed by atoms with Gasteiger partial charge in [0.1, 0.15) is 11.4 Å². The quantitative estimate of drug-likeness (QED) is 0.890. The van der Waals surface area contributed by atoms with Gasteiger partial charge in [0.05, 0.1) is 11.4 Å². The number of carbonyl (C=O) groups excluding carboxylic acids is 1. The van der Waals surface area contributed by atoms with E-state index in [1.165, 1.54) is 16.2 Å². The first kappa shape index (κ1) is 14.5. The van der Waals surface area contributed by atoms with Crippen molar-refractivity contribution in [2.24, 2.45) is 5.92 Å². The molecule has 2 aromatic heterocycles. The van der Waals surface area contributed by atoms with Crippen LogP contribution in [0.5, 0.6) is 5.75 Å². The summed E-state index contributed by atoms with van der Waals surface area (Å²) in [6, 6.07) is 7.05. The standard InChI is InChI=1S/C15H18N2O2S/c1-10(2)8-11-5-6-14(20-11)15(19)17-9-12-13(18)4-3-7-16-12/h3-7,10,18H,8-9H2,1-2H3,(H,17,19). The summed E-state index contributed by atoms with van der Waals surface area (Å²) in [5.41, 5.74) is 0.472. The molecule has 1 amide bonds. The minimum Gasteiger partial charge on any atom is -0.506 e. The average Bonchev–Trinajstić information content (AvgIpc) is 2.85. The monoisotopic (exact) mass is 290 g/mol. The second-order valence-electron chi connectivity index (χ2n) is 5.02. The zero-order chi connectivity index (χ0) is 14.5. The van der Waals surface area contributed by atoms with Crippen LogP contribution in [-0.2, 0) is 13.0 Å². The Bertz CT molecular complexity index is 593. The molecule has 0 atom stereocenters. The Hall–Kier alpha value is -1.88. The van der Waals surface area contributed by atoms with E-state index in [2.05, 4.69) is 24.1 Å². The van der Waals surface area contributed by atoms with Gasteiger partial charge in [0, 0.05) is 11.1 Å². The summed E-state index contributed by atoms with van der Waals surface area (Å²) < 4.78 is 0. The Labute approximate surface area is 122 Å². The van der Waals surface area contributed by atoms with Gasteiger partial charge in [-0.3, -0.25) is 9.78 Å². The number of nitrogens with one attached hydrogen (secondary N) is 1. The molecular weight excluding hydrogens is 272 g/mol. The van der Waals surface area contributed by atoms with Crippen LogP contribution in [-0.4, -0.2) is 16.0 Å². The van der Waals surface area contributed by atoms with Crippen molar-refractivity contribution in [3.05, 3.63) is 45.9 Å². The molecule has 0 radical (unpaired) electrons. The van der Waals surface area contributed by atoms with Crippen LogP contribution in [0.2, 0.25) is 0 Å². The van der Waals surface area contributed by atoms with Gasteiger partial charge in [0.15, 0.2) is 0 Å². The highest BCUT2D eigenvalue weighted by molar-refractivity contribution is 7.14. The predicted molar refractivity (Wildman–Crippen MR) is 79.9 cm³/mol. The molecule has 0 bridgehead atoms. The third kappa shape index (κ3) is 3.81. The predicted octanol–water partition coefficient (Wildman–Crippen LogP) is 2.98. The first-order valence-electron chi connectivity index (χ1n) is 6.56. The molecule has 5 heteroatoms. The van der Waals surface area contributed by atoms with Crippen molar-refractivity contribution in [2.45, 2.75) is 26.8 Å². The van der Waals surface area contributed by atoms with E-state index in [0.717, 1.165) is 6.42 Å². The Morgan fingerprint density at radius 2 is 2.20 bits per heavy atom. The highest BCUT2D eigenvalue weighted by Crippen LogP contribution is 2.20. The van der Waals surface area contributed by atoms with Gasteiger partial charge < -0.3 is 10.4 Å². The minimum atomic E-state index is -0.130. The molecule has 0 saturated carbocycles. The first-order valence-corrected chi connectivity index (χ1v) is 7.37. The lowest BCUT2D eigenvalue weighted by molar-refractivity contribution is 0.0954. The van der Waals surface area contributed by atoms with Gasteiger partial charge in [0.25, 0.3) is 5.91 Å². The molecule has 0 saturated heterocycles. The van der Waals surface area contributed by atoms with E-state index >= 15 is 0 Å². The fraction of sp³-hybridized carbons (Fsp3) is 0.333. The number of rotatable bonds is 5. The fourth-order valence-corrected chi connectivity index (χ4v) is 2.97. The molecule has 2 heterocycles. The summed E-state index contributed by atoms with van der Waals surface area (Å²) in [7, 11) is 0. The van der Waals surface area contributed by atoms with E-state index in [0.29, 0.717) is 16.5 Å². The normalized spacial score (nSPS) is 10.8. The number of aromatic nitrogens is 1. The number of pyridine rings is 1. The topological polar surface area (TPSA) is 62.2 Å². The van der Waals surface area contributed by atoms with Crippen molar-refractivity contribution in [1.29, 1.82) is 0 Å². The van der Waals surface area contributed by atoms with E-state index < -0.39 is 0 Å². The number of carbonyl (C=O) groups is 1. The molecule has 0 aliphatic rings. The summed E-state index contributed by atoms with van der Waals surface area (Å²) in [5, 5.41) is 12.4. The maximum absolute atomic E-state index is 12.0. The Kier molecular flexibility index (Phi) is 4.74. The van der Waals surface area contributed by atoms with Gasteiger partial charge >= 0.3 is 0 Å². The number of hydrogen-bond acceptors (Lipinski definition) is 4. The third-order valence-electron chi connectivity index (χ3n) is 2.78. The van der Waals surface area contributed by atoms with E-state index in [9.17, 15) is 9.90 Å². The van der Waals surface area contributed by atoms with Crippen LogP contribution in [0.25, 0.3) is 0 Å². The van der Waals surface area contributed by atoms with Gasteiger partial charge in [-0.15, -0.1) is 11.3 Å². The highest BCUT2D eigenvalue weighted by atomic mass is 32.1. The summed E-state index contributed by atoms with van der Waals surface area (Å²) in [6.07, 6.45) is 2.58. The maximum atomic E-state index is 12.0. The number of hydrogen-bond donors (Lipinski definition) is 2. The van der Waals surface area contributed by atoms with Crippen LogP contribution in [0.3, 0.4) is 0 Å². The second-order valence-corrected chi connectivity index (χ2v) is 6.18.